The highest BCUT2D eigenvalue weighted by Gasteiger charge is 2.25. The van der Waals surface area contributed by atoms with Crippen molar-refractivity contribution in [3.63, 3.8) is 0 Å². The maximum atomic E-state index is 12.1. The third-order valence-electron chi connectivity index (χ3n) is 2.34. The number of ether oxygens (including phenoxy) is 1. The summed E-state index contributed by atoms with van der Waals surface area (Å²) >= 11 is 0. The first-order chi connectivity index (χ1) is 6.88. The third kappa shape index (κ3) is 2.41. The van der Waals surface area contributed by atoms with Crippen molar-refractivity contribution in [2.24, 2.45) is 5.41 Å². The zero-order valence-corrected chi connectivity index (χ0v) is 10.0. The molecular weight excluding hydrogens is 187 g/mol. The second-order valence-electron chi connectivity index (χ2n) is 4.73. The van der Waals surface area contributed by atoms with Crippen LogP contribution in [0.15, 0.2) is 18.2 Å². The molecule has 0 heterocycles. The van der Waals surface area contributed by atoms with Gasteiger partial charge in [-0.15, -0.1) is 0 Å². The first-order valence-electron chi connectivity index (χ1n) is 5.06. The first kappa shape index (κ1) is 11.8. The molecule has 0 N–H and O–H groups in total. The van der Waals surface area contributed by atoms with Gasteiger partial charge in [-0.2, -0.15) is 0 Å². The summed E-state index contributed by atoms with van der Waals surface area (Å²) in [6.07, 6.45) is 0. The number of hydrogen-bond acceptors (Lipinski definition) is 2. The van der Waals surface area contributed by atoms with Crippen molar-refractivity contribution >= 4 is 19.1 Å². The van der Waals surface area contributed by atoms with E-state index < -0.39 is 0 Å². The van der Waals surface area contributed by atoms with E-state index >= 15 is 0 Å². The molecule has 1 aromatic carbocycles. The molecule has 0 amide bonds. The van der Waals surface area contributed by atoms with Gasteiger partial charge in [-0.3, -0.25) is 4.79 Å². The van der Waals surface area contributed by atoms with Gasteiger partial charge in [0.05, 0.1) is 12.7 Å². The minimum Gasteiger partial charge on any atom is -0.497 e. The van der Waals surface area contributed by atoms with Crippen molar-refractivity contribution in [3.8, 4) is 5.75 Å². The molecule has 0 saturated carbocycles. The topological polar surface area (TPSA) is 26.3 Å². The summed E-state index contributed by atoms with van der Waals surface area (Å²) in [5.74, 6) is 0.806. The Balaban J connectivity index is 3.26. The summed E-state index contributed by atoms with van der Waals surface area (Å²) in [5.41, 5.74) is 1.29. The molecule has 15 heavy (non-hydrogen) atoms. The van der Waals surface area contributed by atoms with Crippen LogP contribution in [0.1, 0.15) is 31.1 Å². The molecule has 80 valence electrons. The normalized spacial score (nSPS) is 11.2. The fourth-order valence-electron chi connectivity index (χ4n) is 1.51. The molecule has 0 fully saturated rings. The third-order valence-corrected chi connectivity index (χ3v) is 2.34. The molecule has 0 radical (unpaired) electrons. The number of methoxy groups -OCH3 is 1. The van der Waals surface area contributed by atoms with E-state index in [1.807, 2.05) is 46.8 Å². The highest BCUT2D eigenvalue weighted by molar-refractivity contribution is 6.35. The van der Waals surface area contributed by atoms with E-state index in [9.17, 15) is 4.79 Å². The lowest BCUT2D eigenvalue weighted by Gasteiger charge is -2.19. The molecule has 0 atom stereocenters. The SMILES string of the molecule is Bc1cccc(C(=O)C(C)(C)C)c1OC. The number of carbonyl (C=O) groups is 1. The van der Waals surface area contributed by atoms with E-state index in [2.05, 4.69) is 0 Å². The average molecular weight is 204 g/mol. The number of para-hydroxylation sites is 1. The summed E-state index contributed by atoms with van der Waals surface area (Å²) in [5, 5.41) is 0. The Morgan fingerprint density at radius 2 is 1.93 bits per heavy atom. The van der Waals surface area contributed by atoms with Crippen LogP contribution < -0.4 is 10.2 Å². The van der Waals surface area contributed by atoms with Crippen LogP contribution in [0.25, 0.3) is 0 Å². The molecule has 0 saturated heterocycles. The molecule has 1 rings (SSSR count). The van der Waals surface area contributed by atoms with Gasteiger partial charge in [-0.25, -0.2) is 0 Å². The van der Waals surface area contributed by atoms with Crippen molar-refractivity contribution in [1.82, 2.24) is 0 Å². The van der Waals surface area contributed by atoms with Crippen LogP contribution in [-0.4, -0.2) is 20.7 Å². The lowest BCUT2D eigenvalue weighted by Crippen LogP contribution is -2.23. The largest absolute Gasteiger partial charge is 0.497 e. The van der Waals surface area contributed by atoms with E-state index in [1.54, 1.807) is 7.11 Å². The van der Waals surface area contributed by atoms with Gasteiger partial charge in [0, 0.05) is 5.41 Å². The van der Waals surface area contributed by atoms with Crippen molar-refractivity contribution < 1.29 is 9.53 Å². The summed E-state index contributed by atoms with van der Waals surface area (Å²) in [6, 6.07) is 5.65. The summed E-state index contributed by atoms with van der Waals surface area (Å²) in [7, 11) is 3.54. The van der Waals surface area contributed by atoms with Gasteiger partial charge in [0.1, 0.15) is 13.6 Å². The summed E-state index contributed by atoms with van der Waals surface area (Å²) < 4.78 is 5.27. The van der Waals surface area contributed by atoms with E-state index in [0.29, 0.717) is 11.3 Å². The predicted octanol–water partition coefficient (Wildman–Crippen LogP) is 1.18. The number of carbonyl (C=O) groups excluding carboxylic acids is 1. The van der Waals surface area contributed by atoms with Gasteiger partial charge in [0.15, 0.2) is 5.78 Å². The second kappa shape index (κ2) is 4.09. The molecule has 0 aliphatic carbocycles. The van der Waals surface area contributed by atoms with Crippen molar-refractivity contribution in [2.75, 3.05) is 7.11 Å². The smallest absolute Gasteiger partial charge is 0.171 e. The quantitative estimate of drug-likeness (QED) is 0.534. The Hall–Kier alpha value is -1.25. The molecule has 0 bridgehead atoms. The van der Waals surface area contributed by atoms with Gasteiger partial charge in [0.2, 0.25) is 0 Å². The van der Waals surface area contributed by atoms with E-state index in [-0.39, 0.29) is 11.2 Å². The molecule has 0 spiro atoms. The Morgan fingerprint density at radius 3 is 2.40 bits per heavy atom. The van der Waals surface area contributed by atoms with E-state index in [0.717, 1.165) is 5.46 Å². The molecule has 0 aliphatic rings. The van der Waals surface area contributed by atoms with Crippen LogP contribution in [0.2, 0.25) is 0 Å². The van der Waals surface area contributed by atoms with E-state index in [1.165, 1.54) is 0 Å². The fourth-order valence-corrected chi connectivity index (χ4v) is 1.51. The Bertz CT molecular complexity index is 378. The molecular formula is C12H17BO2. The summed E-state index contributed by atoms with van der Waals surface area (Å²) in [6.45, 7) is 5.74. The van der Waals surface area contributed by atoms with Gasteiger partial charge < -0.3 is 4.74 Å². The minimum absolute atomic E-state index is 0.114. The number of rotatable bonds is 2. The van der Waals surface area contributed by atoms with Crippen LogP contribution >= 0.6 is 0 Å². The number of Topliss-reactive ketones (excluding diaryl/α,β-unsaturated/α-hetero) is 1. The maximum absolute atomic E-state index is 12.1. The average Bonchev–Trinajstić information content (AvgIpc) is 2.14. The van der Waals surface area contributed by atoms with Crippen molar-refractivity contribution in [1.29, 1.82) is 0 Å². The monoisotopic (exact) mass is 204 g/mol. The lowest BCUT2D eigenvalue weighted by molar-refractivity contribution is 0.0855. The highest BCUT2D eigenvalue weighted by Crippen LogP contribution is 2.25. The molecule has 3 heteroatoms. The van der Waals surface area contributed by atoms with Crippen LogP contribution in [-0.2, 0) is 0 Å². The molecule has 0 unspecified atom stereocenters. The number of benzene rings is 1. The molecule has 1 aromatic rings. The second-order valence-corrected chi connectivity index (χ2v) is 4.73. The Morgan fingerprint density at radius 1 is 1.33 bits per heavy atom. The molecule has 2 nitrogen and oxygen atoms in total. The van der Waals surface area contributed by atoms with Gasteiger partial charge >= 0.3 is 0 Å². The minimum atomic E-state index is -0.374. The zero-order chi connectivity index (χ0) is 11.6. The van der Waals surface area contributed by atoms with Crippen molar-refractivity contribution in [3.05, 3.63) is 23.8 Å². The van der Waals surface area contributed by atoms with Crippen LogP contribution in [0.4, 0.5) is 0 Å². The Labute approximate surface area is 92.0 Å². The lowest BCUT2D eigenvalue weighted by atomic mass is 9.83. The maximum Gasteiger partial charge on any atom is 0.171 e. The summed E-state index contributed by atoms with van der Waals surface area (Å²) in [4.78, 5) is 12.1. The zero-order valence-electron chi connectivity index (χ0n) is 10.0. The fraction of sp³-hybridized carbons (Fsp3) is 0.417. The first-order valence-corrected chi connectivity index (χ1v) is 5.06. The van der Waals surface area contributed by atoms with Crippen molar-refractivity contribution in [2.45, 2.75) is 20.8 Å². The number of hydrogen-bond donors (Lipinski definition) is 0. The predicted molar refractivity (Wildman–Crippen MR) is 65.0 cm³/mol. The van der Waals surface area contributed by atoms with E-state index in [4.69, 9.17) is 4.74 Å². The Kier molecular flexibility index (Phi) is 3.23. The van der Waals surface area contributed by atoms with Crippen LogP contribution in [0, 0.1) is 5.41 Å². The van der Waals surface area contributed by atoms with Gasteiger partial charge in [-0.05, 0) is 11.5 Å². The van der Waals surface area contributed by atoms with Crippen LogP contribution in [0.5, 0.6) is 5.75 Å². The highest BCUT2D eigenvalue weighted by atomic mass is 16.5. The standard InChI is InChI=1S/C12H17BO2/c1-12(2,3)11(14)8-6-5-7-9(13)10(8)15-4/h5-7H,13H2,1-4H3. The number of ketones is 1. The van der Waals surface area contributed by atoms with Gasteiger partial charge in [0.25, 0.3) is 0 Å². The molecule has 0 aromatic heterocycles. The van der Waals surface area contributed by atoms with Crippen LogP contribution in [0.3, 0.4) is 0 Å². The molecule has 0 aliphatic heterocycles. The van der Waals surface area contributed by atoms with Gasteiger partial charge in [-0.1, -0.05) is 32.9 Å².